The van der Waals surface area contributed by atoms with Gasteiger partial charge in [0.15, 0.2) is 0 Å². The molecule has 0 N–H and O–H groups in total. The van der Waals surface area contributed by atoms with Crippen LogP contribution in [0.1, 0.15) is 11.1 Å². The minimum atomic E-state index is -0.478. The van der Waals surface area contributed by atoms with Crippen LogP contribution >= 0.6 is 0 Å². The van der Waals surface area contributed by atoms with Crippen LogP contribution in [0.2, 0.25) is 0 Å². The van der Waals surface area contributed by atoms with E-state index in [2.05, 4.69) is 0 Å². The molecule has 1 heterocycles. The highest BCUT2D eigenvalue weighted by Gasteiger charge is 2.41. The smallest absolute Gasteiger partial charge is 0.278 e. The lowest BCUT2D eigenvalue weighted by molar-refractivity contribution is -0.137. The average molecular weight is 404 g/mol. The summed E-state index contributed by atoms with van der Waals surface area (Å²) in [6.45, 7) is 0.00870. The SMILES string of the molecule is CN(C1=C(c2ccc(F)cc2)C(=O)N(Cc2ccc(F)cc2)C1=O)c1ccccc1. The number of hydrogen-bond donors (Lipinski definition) is 0. The number of benzene rings is 3. The summed E-state index contributed by atoms with van der Waals surface area (Å²) < 4.78 is 26.7. The summed E-state index contributed by atoms with van der Waals surface area (Å²) in [5.41, 5.74) is 2.22. The maximum Gasteiger partial charge on any atom is 0.278 e. The summed E-state index contributed by atoms with van der Waals surface area (Å²) >= 11 is 0. The molecule has 1 aliphatic rings. The maximum absolute atomic E-state index is 13.4. The third-order valence-corrected chi connectivity index (χ3v) is 5.01. The average Bonchev–Trinajstić information content (AvgIpc) is 3.00. The Kier molecular flexibility index (Phi) is 5.14. The van der Waals surface area contributed by atoms with Crippen LogP contribution in [-0.2, 0) is 16.1 Å². The zero-order valence-corrected chi connectivity index (χ0v) is 16.2. The van der Waals surface area contributed by atoms with E-state index in [9.17, 15) is 18.4 Å². The van der Waals surface area contributed by atoms with Crippen molar-refractivity contribution in [2.75, 3.05) is 11.9 Å². The Hall–Kier alpha value is -3.80. The number of anilines is 1. The zero-order valence-electron chi connectivity index (χ0n) is 16.2. The van der Waals surface area contributed by atoms with Crippen LogP contribution in [0.5, 0.6) is 0 Å². The minimum absolute atomic E-state index is 0.00870. The number of carbonyl (C=O) groups is 2. The highest BCUT2D eigenvalue weighted by atomic mass is 19.1. The Morgan fingerprint density at radius 3 is 1.93 bits per heavy atom. The van der Waals surface area contributed by atoms with Crippen molar-refractivity contribution in [1.29, 1.82) is 0 Å². The number of hydrogen-bond acceptors (Lipinski definition) is 3. The molecule has 0 spiro atoms. The van der Waals surface area contributed by atoms with Gasteiger partial charge in [-0.25, -0.2) is 8.78 Å². The second kappa shape index (κ2) is 7.91. The molecule has 3 aromatic carbocycles. The van der Waals surface area contributed by atoms with E-state index in [-0.39, 0.29) is 17.8 Å². The monoisotopic (exact) mass is 404 g/mol. The second-order valence-electron chi connectivity index (χ2n) is 6.95. The van der Waals surface area contributed by atoms with Crippen molar-refractivity contribution in [3.05, 3.63) is 107 Å². The van der Waals surface area contributed by atoms with Gasteiger partial charge in [0.05, 0.1) is 12.1 Å². The summed E-state index contributed by atoms with van der Waals surface area (Å²) in [6, 6.07) is 20.3. The van der Waals surface area contributed by atoms with Gasteiger partial charge in [-0.2, -0.15) is 0 Å². The molecule has 0 aromatic heterocycles. The third-order valence-electron chi connectivity index (χ3n) is 5.01. The molecule has 4 rings (SSSR count). The Morgan fingerprint density at radius 2 is 1.33 bits per heavy atom. The van der Waals surface area contributed by atoms with E-state index in [4.69, 9.17) is 0 Å². The van der Waals surface area contributed by atoms with Crippen LogP contribution in [-0.4, -0.2) is 23.8 Å². The highest BCUT2D eigenvalue weighted by Crippen LogP contribution is 2.34. The van der Waals surface area contributed by atoms with Gasteiger partial charge in [0.2, 0.25) is 0 Å². The number of likely N-dealkylation sites (N-methyl/N-ethyl adjacent to an activating group) is 1. The topological polar surface area (TPSA) is 40.6 Å². The molecule has 0 radical (unpaired) electrons. The maximum atomic E-state index is 13.4. The first-order chi connectivity index (χ1) is 14.5. The summed E-state index contributed by atoms with van der Waals surface area (Å²) in [7, 11) is 1.71. The van der Waals surface area contributed by atoms with Gasteiger partial charge in [-0.3, -0.25) is 14.5 Å². The first-order valence-corrected chi connectivity index (χ1v) is 9.35. The standard InChI is InChI=1S/C24H18F2N2O2/c1-27(20-5-3-2-4-6-20)22-21(17-9-13-19(26)14-10-17)23(29)28(24(22)30)15-16-7-11-18(25)12-8-16/h2-14H,15H2,1H3. The van der Waals surface area contributed by atoms with E-state index in [1.165, 1.54) is 48.5 Å². The molecular weight excluding hydrogens is 386 g/mol. The molecule has 0 saturated carbocycles. The fourth-order valence-corrected chi connectivity index (χ4v) is 3.45. The largest absolute Gasteiger partial charge is 0.339 e. The predicted octanol–water partition coefficient (Wildman–Crippen LogP) is 4.38. The molecule has 4 nitrogen and oxygen atoms in total. The highest BCUT2D eigenvalue weighted by molar-refractivity contribution is 6.36. The van der Waals surface area contributed by atoms with E-state index < -0.39 is 23.4 Å². The fourth-order valence-electron chi connectivity index (χ4n) is 3.45. The van der Waals surface area contributed by atoms with Crippen molar-refractivity contribution in [3.63, 3.8) is 0 Å². The number of nitrogens with zero attached hydrogens (tertiary/aromatic N) is 2. The van der Waals surface area contributed by atoms with E-state index in [0.29, 0.717) is 11.1 Å². The molecule has 30 heavy (non-hydrogen) atoms. The van der Waals surface area contributed by atoms with Gasteiger partial charge in [-0.05, 0) is 47.5 Å². The Morgan fingerprint density at radius 1 is 0.767 bits per heavy atom. The lowest BCUT2D eigenvalue weighted by Crippen LogP contribution is -2.33. The summed E-state index contributed by atoms with van der Waals surface area (Å²) in [4.78, 5) is 29.4. The van der Waals surface area contributed by atoms with Crippen molar-refractivity contribution in [1.82, 2.24) is 4.90 Å². The molecule has 0 atom stereocenters. The van der Waals surface area contributed by atoms with Crippen molar-refractivity contribution >= 4 is 23.1 Å². The van der Waals surface area contributed by atoms with Gasteiger partial charge in [0.1, 0.15) is 17.3 Å². The number of imide groups is 1. The van der Waals surface area contributed by atoms with E-state index in [0.717, 1.165) is 10.6 Å². The lowest BCUT2D eigenvalue weighted by atomic mass is 10.0. The number of halogens is 2. The van der Waals surface area contributed by atoms with E-state index in [1.54, 1.807) is 11.9 Å². The molecule has 0 aliphatic carbocycles. The summed E-state index contributed by atoms with van der Waals surface area (Å²) in [6.07, 6.45) is 0. The van der Waals surface area contributed by atoms with Gasteiger partial charge in [0.25, 0.3) is 11.8 Å². The third kappa shape index (κ3) is 3.59. The van der Waals surface area contributed by atoms with E-state index >= 15 is 0 Å². The molecule has 6 heteroatoms. The Labute approximate surface area is 172 Å². The number of carbonyl (C=O) groups excluding carboxylic acids is 2. The van der Waals surface area contributed by atoms with Crippen molar-refractivity contribution < 1.29 is 18.4 Å². The first kappa shape index (κ1) is 19.5. The lowest BCUT2D eigenvalue weighted by Gasteiger charge is -2.21. The van der Waals surface area contributed by atoms with Crippen molar-refractivity contribution in [3.8, 4) is 0 Å². The Balaban J connectivity index is 1.78. The molecule has 150 valence electrons. The van der Waals surface area contributed by atoms with Crippen LogP contribution in [0.25, 0.3) is 5.57 Å². The molecule has 1 aliphatic heterocycles. The van der Waals surface area contributed by atoms with E-state index in [1.807, 2.05) is 30.3 Å². The van der Waals surface area contributed by atoms with Crippen LogP contribution in [0.15, 0.2) is 84.6 Å². The summed E-state index contributed by atoms with van der Waals surface area (Å²) in [5.74, 6) is -1.77. The van der Waals surface area contributed by atoms with Gasteiger partial charge in [0, 0.05) is 12.7 Å². The van der Waals surface area contributed by atoms with Gasteiger partial charge in [-0.1, -0.05) is 42.5 Å². The molecule has 0 unspecified atom stereocenters. The number of amides is 2. The molecule has 0 fully saturated rings. The predicted molar refractivity (Wildman–Crippen MR) is 110 cm³/mol. The fraction of sp³-hybridized carbons (Fsp3) is 0.0833. The van der Waals surface area contributed by atoms with Gasteiger partial charge in [-0.15, -0.1) is 0 Å². The van der Waals surface area contributed by atoms with Crippen molar-refractivity contribution in [2.45, 2.75) is 6.54 Å². The van der Waals surface area contributed by atoms with Crippen LogP contribution in [0, 0.1) is 11.6 Å². The second-order valence-corrected chi connectivity index (χ2v) is 6.95. The molecular formula is C24H18F2N2O2. The van der Waals surface area contributed by atoms with Crippen LogP contribution < -0.4 is 4.90 Å². The van der Waals surface area contributed by atoms with Crippen LogP contribution in [0.3, 0.4) is 0 Å². The quantitative estimate of drug-likeness (QED) is 0.593. The molecule has 3 aromatic rings. The van der Waals surface area contributed by atoms with Gasteiger partial charge < -0.3 is 4.90 Å². The molecule has 2 amide bonds. The van der Waals surface area contributed by atoms with Crippen LogP contribution in [0.4, 0.5) is 14.5 Å². The first-order valence-electron chi connectivity index (χ1n) is 9.35. The number of rotatable bonds is 5. The minimum Gasteiger partial charge on any atom is -0.339 e. The number of para-hydroxylation sites is 1. The van der Waals surface area contributed by atoms with Crippen molar-refractivity contribution in [2.24, 2.45) is 0 Å². The zero-order chi connectivity index (χ0) is 21.3. The van der Waals surface area contributed by atoms with Gasteiger partial charge >= 0.3 is 0 Å². The normalized spacial score (nSPS) is 13.9. The summed E-state index contributed by atoms with van der Waals surface area (Å²) in [5, 5.41) is 0. The molecule has 0 saturated heterocycles. The Bertz CT molecular complexity index is 1120. The molecule has 0 bridgehead atoms.